The third-order valence-corrected chi connectivity index (χ3v) is 4.33. The zero-order valence-electron chi connectivity index (χ0n) is 11.5. The van der Waals surface area contributed by atoms with Crippen molar-refractivity contribution in [3.05, 3.63) is 0 Å². The maximum Gasteiger partial charge on any atom is 0.306 e. The number of carboxylic acids is 1. The first-order chi connectivity index (χ1) is 8.97. The lowest BCUT2D eigenvalue weighted by molar-refractivity contribution is -0.141. The second-order valence-electron chi connectivity index (χ2n) is 5.76. The molecule has 5 heteroatoms. The van der Waals surface area contributed by atoms with Gasteiger partial charge in [-0.15, -0.1) is 0 Å². The van der Waals surface area contributed by atoms with E-state index in [1.54, 1.807) is 6.92 Å². The molecule has 3 unspecified atom stereocenters. The van der Waals surface area contributed by atoms with Crippen LogP contribution in [0.15, 0.2) is 0 Å². The molecule has 1 aliphatic rings. The molecule has 0 spiro atoms. The summed E-state index contributed by atoms with van der Waals surface area (Å²) in [6, 6.07) is 0. The van der Waals surface area contributed by atoms with Gasteiger partial charge in [0.2, 0.25) is 0 Å². The average Bonchev–Trinajstić information content (AvgIpc) is 2.62. The summed E-state index contributed by atoms with van der Waals surface area (Å²) in [6.45, 7) is 1.63. The van der Waals surface area contributed by atoms with Gasteiger partial charge in [-0.2, -0.15) is 0 Å². The van der Waals surface area contributed by atoms with E-state index in [9.17, 15) is 20.1 Å². The molecule has 19 heavy (non-hydrogen) atoms. The van der Waals surface area contributed by atoms with E-state index in [-0.39, 0.29) is 24.4 Å². The number of aliphatic hydroxyl groups is 3. The number of aliphatic hydroxyl groups excluding tert-OH is 3. The predicted molar refractivity (Wildman–Crippen MR) is 70.6 cm³/mol. The van der Waals surface area contributed by atoms with Gasteiger partial charge in [-0.3, -0.25) is 4.79 Å². The van der Waals surface area contributed by atoms with Gasteiger partial charge in [0.05, 0.1) is 18.1 Å². The molecule has 5 nitrogen and oxygen atoms in total. The monoisotopic (exact) mass is 274 g/mol. The lowest BCUT2D eigenvalue weighted by Crippen LogP contribution is -2.25. The molecule has 0 aromatic carbocycles. The van der Waals surface area contributed by atoms with Crippen molar-refractivity contribution in [2.24, 2.45) is 17.8 Å². The second-order valence-corrected chi connectivity index (χ2v) is 5.76. The maximum absolute atomic E-state index is 10.6. The zero-order valence-corrected chi connectivity index (χ0v) is 11.5. The number of hydrogen-bond acceptors (Lipinski definition) is 4. The topological polar surface area (TPSA) is 98.0 Å². The van der Waals surface area contributed by atoms with E-state index in [1.807, 2.05) is 0 Å². The Kier molecular flexibility index (Phi) is 6.75. The van der Waals surface area contributed by atoms with Crippen molar-refractivity contribution in [1.82, 2.24) is 0 Å². The van der Waals surface area contributed by atoms with Gasteiger partial charge in [-0.25, -0.2) is 0 Å². The van der Waals surface area contributed by atoms with Crippen molar-refractivity contribution in [2.75, 3.05) is 6.61 Å². The summed E-state index contributed by atoms with van der Waals surface area (Å²) >= 11 is 0. The maximum atomic E-state index is 10.6. The number of rotatable bonds is 8. The van der Waals surface area contributed by atoms with E-state index in [0.717, 1.165) is 25.7 Å². The van der Waals surface area contributed by atoms with Gasteiger partial charge in [0.15, 0.2) is 0 Å². The number of carbonyl (C=O) groups is 1. The molecular formula is C14H26O5. The second kappa shape index (κ2) is 7.82. The van der Waals surface area contributed by atoms with Gasteiger partial charge in [0.1, 0.15) is 0 Å². The van der Waals surface area contributed by atoms with E-state index < -0.39 is 18.2 Å². The molecule has 112 valence electrons. The third-order valence-electron chi connectivity index (χ3n) is 4.33. The molecule has 5 atom stereocenters. The summed E-state index contributed by atoms with van der Waals surface area (Å²) in [5, 5.41) is 37.5. The molecule has 0 heterocycles. The molecule has 0 saturated heterocycles. The summed E-state index contributed by atoms with van der Waals surface area (Å²) in [7, 11) is 0. The lowest BCUT2D eigenvalue weighted by Gasteiger charge is -2.21. The Morgan fingerprint density at radius 3 is 2.37 bits per heavy atom. The first-order valence-electron chi connectivity index (χ1n) is 7.17. The van der Waals surface area contributed by atoms with Gasteiger partial charge in [0.25, 0.3) is 0 Å². The van der Waals surface area contributed by atoms with E-state index in [4.69, 9.17) is 5.11 Å². The average molecular weight is 274 g/mol. The standard InChI is InChI=1S/C14H26O5/c1-9(14(18)19)5-3-2-4-6-10-11(8-15)13(17)7-12(10)16/h9-13,15-17H,2-8H2,1H3,(H,18,19)/t9?,10-,11-,12?,13?/m1/s1. The van der Waals surface area contributed by atoms with Crippen LogP contribution in [-0.2, 0) is 4.79 Å². The van der Waals surface area contributed by atoms with Crippen LogP contribution in [0.4, 0.5) is 0 Å². The highest BCUT2D eigenvalue weighted by atomic mass is 16.4. The first-order valence-corrected chi connectivity index (χ1v) is 7.17. The highest BCUT2D eigenvalue weighted by molar-refractivity contribution is 5.69. The Bertz CT molecular complexity index is 281. The van der Waals surface area contributed by atoms with Crippen LogP contribution in [0, 0.1) is 17.8 Å². The van der Waals surface area contributed by atoms with Crippen molar-refractivity contribution in [1.29, 1.82) is 0 Å². The Morgan fingerprint density at radius 1 is 1.16 bits per heavy atom. The van der Waals surface area contributed by atoms with Gasteiger partial charge in [-0.05, 0) is 25.2 Å². The fraction of sp³-hybridized carbons (Fsp3) is 0.929. The molecule has 0 aromatic rings. The van der Waals surface area contributed by atoms with E-state index in [2.05, 4.69) is 0 Å². The third kappa shape index (κ3) is 4.75. The van der Waals surface area contributed by atoms with Crippen molar-refractivity contribution in [3.8, 4) is 0 Å². The van der Waals surface area contributed by atoms with Gasteiger partial charge in [0, 0.05) is 12.5 Å². The minimum absolute atomic E-state index is 0.0307. The predicted octanol–water partition coefficient (Wildman–Crippen LogP) is 1.01. The number of aliphatic carboxylic acids is 1. The van der Waals surface area contributed by atoms with Crippen molar-refractivity contribution >= 4 is 5.97 Å². The zero-order chi connectivity index (χ0) is 14.4. The van der Waals surface area contributed by atoms with Crippen molar-refractivity contribution in [3.63, 3.8) is 0 Å². The minimum atomic E-state index is -0.755. The quantitative estimate of drug-likeness (QED) is 0.495. The molecule has 1 rings (SSSR count). The fourth-order valence-corrected chi connectivity index (χ4v) is 2.96. The molecule has 1 fully saturated rings. The summed E-state index contributed by atoms with van der Waals surface area (Å²) in [6.07, 6.45) is 3.38. The van der Waals surface area contributed by atoms with Crippen LogP contribution in [0.25, 0.3) is 0 Å². The van der Waals surface area contributed by atoms with Crippen LogP contribution in [0.1, 0.15) is 45.4 Å². The summed E-state index contributed by atoms with van der Waals surface area (Å²) in [5.41, 5.74) is 0. The Balaban J connectivity index is 2.20. The van der Waals surface area contributed by atoms with Gasteiger partial charge < -0.3 is 20.4 Å². The van der Waals surface area contributed by atoms with E-state index in [1.165, 1.54) is 0 Å². The Morgan fingerprint density at radius 2 is 1.79 bits per heavy atom. The lowest BCUT2D eigenvalue weighted by atomic mass is 9.89. The van der Waals surface area contributed by atoms with Crippen molar-refractivity contribution in [2.45, 2.75) is 57.7 Å². The first kappa shape index (κ1) is 16.4. The van der Waals surface area contributed by atoms with Gasteiger partial charge >= 0.3 is 5.97 Å². The number of hydrogen-bond donors (Lipinski definition) is 4. The molecule has 4 N–H and O–H groups in total. The molecule has 0 aliphatic heterocycles. The highest BCUT2D eigenvalue weighted by Gasteiger charge is 2.40. The fourth-order valence-electron chi connectivity index (χ4n) is 2.96. The van der Waals surface area contributed by atoms with Gasteiger partial charge in [-0.1, -0.05) is 26.2 Å². The van der Waals surface area contributed by atoms with Crippen LogP contribution in [-0.4, -0.2) is 45.2 Å². The molecule has 1 saturated carbocycles. The number of carboxylic acid groups (broad SMARTS) is 1. The number of unbranched alkanes of at least 4 members (excludes halogenated alkanes) is 2. The summed E-state index contributed by atoms with van der Waals surface area (Å²) in [4.78, 5) is 10.6. The SMILES string of the molecule is CC(CCCCC[C@H]1C(O)CC(O)[C@@H]1CO)C(=O)O. The molecule has 0 aromatic heterocycles. The van der Waals surface area contributed by atoms with Crippen molar-refractivity contribution < 1.29 is 25.2 Å². The summed E-state index contributed by atoms with van der Waals surface area (Å²) in [5.74, 6) is -1.30. The van der Waals surface area contributed by atoms with Crippen LogP contribution >= 0.6 is 0 Å². The van der Waals surface area contributed by atoms with Crippen LogP contribution in [0.2, 0.25) is 0 Å². The molecule has 1 aliphatic carbocycles. The van der Waals surface area contributed by atoms with Crippen LogP contribution < -0.4 is 0 Å². The van der Waals surface area contributed by atoms with E-state index in [0.29, 0.717) is 12.8 Å². The van der Waals surface area contributed by atoms with Crippen LogP contribution in [0.5, 0.6) is 0 Å². The molecule has 0 radical (unpaired) electrons. The minimum Gasteiger partial charge on any atom is -0.481 e. The molecular weight excluding hydrogens is 248 g/mol. The summed E-state index contributed by atoms with van der Waals surface area (Å²) < 4.78 is 0. The Labute approximate surface area is 114 Å². The smallest absolute Gasteiger partial charge is 0.306 e. The normalized spacial score (nSPS) is 32.4. The Hall–Kier alpha value is -0.650. The van der Waals surface area contributed by atoms with E-state index >= 15 is 0 Å². The molecule has 0 bridgehead atoms. The van der Waals surface area contributed by atoms with Crippen LogP contribution in [0.3, 0.4) is 0 Å². The molecule has 0 amide bonds. The largest absolute Gasteiger partial charge is 0.481 e. The highest BCUT2D eigenvalue weighted by Crippen LogP contribution is 2.35.